The van der Waals surface area contributed by atoms with Crippen molar-refractivity contribution in [1.29, 1.82) is 0 Å². The molecular formula is C14H19ClN2O2. The normalized spacial score (nSPS) is 15.2. The highest BCUT2D eigenvalue weighted by atomic mass is 35.5. The molecule has 2 rings (SSSR count). The van der Waals surface area contributed by atoms with Gasteiger partial charge in [-0.25, -0.2) is 0 Å². The van der Waals surface area contributed by atoms with E-state index >= 15 is 0 Å². The number of benzene rings is 1. The molecule has 1 aromatic rings. The molecule has 1 aromatic carbocycles. The predicted molar refractivity (Wildman–Crippen MR) is 76.8 cm³/mol. The molecule has 19 heavy (non-hydrogen) atoms. The number of ether oxygens (including phenoxy) is 1. The lowest BCUT2D eigenvalue weighted by molar-refractivity contribution is -0.117. The maximum Gasteiger partial charge on any atom is 0.224 e. The Morgan fingerprint density at radius 1 is 1.53 bits per heavy atom. The molecule has 2 N–H and O–H groups in total. The Labute approximate surface area is 118 Å². The van der Waals surface area contributed by atoms with Gasteiger partial charge in [0.25, 0.3) is 0 Å². The van der Waals surface area contributed by atoms with Gasteiger partial charge in [0.15, 0.2) is 0 Å². The highest BCUT2D eigenvalue weighted by Crippen LogP contribution is 2.28. The summed E-state index contributed by atoms with van der Waals surface area (Å²) < 4.78 is 5.54. The van der Waals surface area contributed by atoms with Gasteiger partial charge in [0, 0.05) is 12.1 Å². The van der Waals surface area contributed by atoms with E-state index in [2.05, 4.69) is 10.6 Å². The third-order valence-electron chi connectivity index (χ3n) is 2.92. The van der Waals surface area contributed by atoms with Crippen LogP contribution in [-0.4, -0.2) is 25.1 Å². The molecular weight excluding hydrogens is 264 g/mol. The summed E-state index contributed by atoms with van der Waals surface area (Å²) in [7, 11) is 0. The first-order chi connectivity index (χ1) is 9.04. The Hall–Kier alpha value is -1.26. The number of hydrogen-bond acceptors (Lipinski definition) is 3. The van der Waals surface area contributed by atoms with Crippen molar-refractivity contribution >= 4 is 23.2 Å². The Kier molecular flexibility index (Phi) is 4.66. The lowest BCUT2D eigenvalue weighted by Crippen LogP contribution is -2.43. The molecule has 0 atom stereocenters. The minimum atomic E-state index is 0.0279. The van der Waals surface area contributed by atoms with Crippen LogP contribution < -0.4 is 15.4 Å². The Morgan fingerprint density at radius 2 is 2.26 bits per heavy atom. The molecule has 0 unspecified atom stereocenters. The van der Waals surface area contributed by atoms with Crippen LogP contribution in [0.25, 0.3) is 0 Å². The molecule has 0 bridgehead atoms. The molecule has 1 heterocycles. The lowest BCUT2D eigenvalue weighted by Gasteiger charge is -2.26. The number of carbonyl (C=O) groups is 1. The van der Waals surface area contributed by atoms with E-state index in [0.717, 1.165) is 13.1 Å². The van der Waals surface area contributed by atoms with Crippen LogP contribution in [0.5, 0.6) is 5.75 Å². The summed E-state index contributed by atoms with van der Waals surface area (Å²) in [5.41, 5.74) is 0.707. The zero-order valence-corrected chi connectivity index (χ0v) is 12.0. The summed E-state index contributed by atoms with van der Waals surface area (Å²) in [5.74, 6) is 1.12. The smallest absolute Gasteiger partial charge is 0.224 e. The van der Waals surface area contributed by atoms with Gasteiger partial charge in [-0.3, -0.25) is 4.79 Å². The average molecular weight is 283 g/mol. The second-order valence-electron chi connectivity index (χ2n) is 5.09. The lowest BCUT2D eigenvalue weighted by atomic mass is 9.99. The number of amides is 1. The molecule has 1 fully saturated rings. The molecule has 1 aliphatic rings. The van der Waals surface area contributed by atoms with Crippen LogP contribution in [0, 0.1) is 5.92 Å². The fraction of sp³-hybridized carbons (Fsp3) is 0.500. The number of nitrogens with one attached hydrogen (secondary N) is 2. The maximum absolute atomic E-state index is 11.8. The van der Waals surface area contributed by atoms with E-state index in [1.54, 1.807) is 18.2 Å². The minimum absolute atomic E-state index is 0.0279. The first-order valence-electron chi connectivity index (χ1n) is 6.51. The second kappa shape index (κ2) is 6.26. The number of halogens is 1. The number of rotatable bonds is 5. The van der Waals surface area contributed by atoms with Crippen molar-refractivity contribution in [3.63, 3.8) is 0 Å². The fourth-order valence-electron chi connectivity index (χ4n) is 1.90. The van der Waals surface area contributed by atoms with Gasteiger partial charge in [0.2, 0.25) is 5.91 Å². The molecule has 0 aromatic heterocycles. The van der Waals surface area contributed by atoms with Crippen LogP contribution in [0.15, 0.2) is 18.2 Å². The van der Waals surface area contributed by atoms with Crippen LogP contribution >= 0.6 is 11.6 Å². The van der Waals surface area contributed by atoms with Gasteiger partial charge in [-0.1, -0.05) is 11.6 Å². The van der Waals surface area contributed by atoms with Crippen LogP contribution in [-0.2, 0) is 4.79 Å². The van der Waals surface area contributed by atoms with Gasteiger partial charge in [-0.15, -0.1) is 0 Å². The van der Waals surface area contributed by atoms with Crippen molar-refractivity contribution in [2.24, 2.45) is 5.92 Å². The van der Waals surface area contributed by atoms with Crippen LogP contribution in [0.4, 0.5) is 5.69 Å². The number of carbonyl (C=O) groups excluding carboxylic acids is 1. The Balaban J connectivity index is 1.93. The molecule has 1 saturated heterocycles. The van der Waals surface area contributed by atoms with Crippen molar-refractivity contribution in [1.82, 2.24) is 5.32 Å². The molecule has 0 radical (unpaired) electrons. The topological polar surface area (TPSA) is 50.4 Å². The summed E-state index contributed by atoms with van der Waals surface area (Å²) in [5, 5.41) is 6.51. The largest absolute Gasteiger partial charge is 0.489 e. The molecule has 0 aliphatic carbocycles. The van der Waals surface area contributed by atoms with Crippen molar-refractivity contribution in [2.75, 3.05) is 18.4 Å². The van der Waals surface area contributed by atoms with Gasteiger partial charge in [-0.2, -0.15) is 0 Å². The number of hydrogen-bond donors (Lipinski definition) is 2. The molecule has 1 aliphatic heterocycles. The second-order valence-corrected chi connectivity index (χ2v) is 5.50. The van der Waals surface area contributed by atoms with Crippen molar-refractivity contribution < 1.29 is 9.53 Å². The quantitative estimate of drug-likeness (QED) is 0.873. The first-order valence-corrected chi connectivity index (χ1v) is 6.89. The summed E-state index contributed by atoms with van der Waals surface area (Å²) in [6.07, 6.45) is 0.624. The molecule has 104 valence electrons. The third-order valence-corrected chi connectivity index (χ3v) is 3.21. The van der Waals surface area contributed by atoms with E-state index in [0.29, 0.717) is 28.8 Å². The predicted octanol–water partition coefficient (Wildman–Crippen LogP) is 2.68. The zero-order valence-electron chi connectivity index (χ0n) is 11.2. The molecule has 4 nitrogen and oxygen atoms in total. The van der Waals surface area contributed by atoms with Gasteiger partial charge in [-0.05, 0) is 51.1 Å². The number of anilines is 1. The standard InChI is InChI=1S/C14H19ClN2O2/c1-9(2)19-13-4-3-11(6-12(13)15)17-14(18)5-10-7-16-8-10/h3-4,6,9-10,16H,5,7-8H2,1-2H3,(H,17,18). The van der Waals surface area contributed by atoms with Gasteiger partial charge >= 0.3 is 0 Å². The average Bonchev–Trinajstić information content (AvgIpc) is 2.27. The van der Waals surface area contributed by atoms with E-state index in [-0.39, 0.29) is 12.0 Å². The maximum atomic E-state index is 11.8. The van der Waals surface area contributed by atoms with Crippen LogP contribution in [0.3, 0.4) is 0 Å². The zero-order chi connectivity index (χ0) is 13.8. The third kappa shape index (κ3) is 4.11. The van der Waals surface area contributed by atoms with Crippen LogP contribution in [0.2, 0.25) is 5.02 Å². The summed E-state index contributed by atoms with van der Waals surface area (Å²) >= 11 is 6.11. The Bertz CT molecular complexity index is 459. The summed E-state index contributed by atoms with van der Waals surface area (Å²) in [6, 6.07) is 5.31. The van der Waals surface area contributed by atoms with Gasteiger partial charge in [0.05, 0.1) is 11.1 Å². The first kappa shape index (κ1) is 14.2. The van der Waals surface area contributed by atoms with Crippen LogP contribution in [0.1, 0.15) is 20.3 Å². The molecule has 0 saturated carbocycles. The van der Waals surface area contributed by atoms with Crippen molar-refractivity contribution in [3.8, 4) is 5.75 Å². The molecule has 1 amide bonds. The van der Waals surface area contributed by atoms with Gasteiger partial charge < -0.3 is 15.4 Å². The van der Waals surface area contributed by atoms with Crippen molar-refractivity contribution in [3.05, 3.63) is 23.2 Å². The van der Waals surface area contributed by atoms with E-state index in [4.69, 9.17) is 16.3 Å². The fourth-order valence-corrected chi connectivity index (χ4v) is 2.12. The van der Waals surface area contributed by atoms with E-state index in [1.807, 2.05) is 13.8 Å². The van der Waals surface area contributed by atoms with E-state index < -0.39 is 0 Å². The van der Waals surface area contributed by atoms with E-state index in [1.165, 1.54) is 0 Å². The molecule has 0 spiro atoms. The summed E-state index contributed by atoms with van der Waals surface area (Å²) in [6.45, 7) is 5.74. The van der Waals surface area contributed by atoms with Crippen molar-refractivity contribution in [2.45, 2.75) is 26.4 Å². The summed E-state index contributed by atoms with van der Waals surface area (Å²) in [4.78, 5) is 11.8. The van der Waals surface area contributed by atoms with E-state index in [9.17, 15) is 4.79 Å². The molecule has 5 heteroatoms. The highest BCUT2D eigenvalue weighted by Gasteiger charge is 2.20. The minimum Gasteiger partial charge on any atom is -0.489 e. The van der Waals surface area contributed by atoms with Gasteiger partial charge in [0.1, 0.15) is 5.75 Å². The SMILES string of the molecule is CC(C)Oc1ccc(NC(=O)CC2CNC2)cc1Cl. The Morgan fingerprint density at radius 3 is 2.79 bits per heavy atom. The highest BCUT2D eigenvalue weighted by molar-refractivity contribution is 6.32. The monoisotopic (exact) mass is 282 g/mol.